The van der Waals surface area contributed by atoms with Gasteiger partial charge in [0.15, 0.2) is 0 Å². The van der Waals surface area contributed by atoms with Crippen LogP contribution in [-0.2, 0) is 6.54 Å². The van der Waals surface area contributed by atoms with Crippen molar-refractivity contribution in [3.8, 4) is 5.75 Å². The topological polar surface area (TPSA) is 46.9 Å². The van der Waals surface area contributed by atoms with Crippen molar-refractivity contribution in [2.24, 2.45) is 0 Å². The molecule has 0 unspecified atom stereocenters. The van der Waals surface area contributed by atoms with E-state index < -0.39 is 0 Å². The number of aromatic hydroxyl groups is 1. The molecule has 2 fully saturated rings. The van der Waals surface area contributed by atoms with Gasteiger partial charge in [-0.05, 0) is 49.2 Å². The predicted molar refractivity (Wildman–Crippen MR) is 105 cm³/mol. The van der Waals surface area contributed by atoms with E-state index in [-0.39, 0.29) is 6.10 Å². The summed E-state index contributed by atoms with van der Waals surface area (Å²) in [5, 5.41) is 23.5. The Hall–Kier alpha value is -1.62. The molecule has 140 valence electrons. The largest absolute Gasteiger partial charge is 0.508 e. The third kappa shape index (κ3) is 3.73. The summed E-state index contributed by atoms with van der Waals surface area (Å²) in [4.78, 5) is 4.81. The van der Waals surface area contributed by atoms with Gasteiger partial charge in [-0.25, -0.2) is 0 Å². The first-order valence-corrected chi connectivity index (χ1v) is 10.1. The Kier molecular flexibility index (Phi) is 5.44. The van der Waals surface area contributed by atoms with Gasteiger partial charge < -0.3 is 10.2 Å². The number of hydrogen-bond donors (Lipinski definition) is 2. The van der Waals surface area contributed by atoms with Crippen LogP contribution in [0, 0.1) is 0 Å². The highest BCUT2D eigenvalue weighted by Gasteiger charge is 2.32. The molecule has 4 heteroatoms. The Balaban J connectivity index is 1.46. The van der Waals surface area contributed by atoms with Crippen molar-refractivity contribution in [3.05, 3.63) is 42.0 Å². The molecule has 0 bridgehead atoms. The van der Waals surface area contributed by atoms with Gasteiger partial charge in [0.1, 0.15) is 5.75 Å². The zero-order valence-corrected chi connectivity index (χ0v) is 15.5. The van der Waals surface area contributed by atoms with Crippen molar-refractivity contribution in [1.29, 1.82) is 0 Å². The second-order valence-electron chi connectivity index (χ2n) is 7.89. The van der Waals surface area contributed by atoms with Crippen LogP contribution in [0.2, 0.25) is 0 Å². The molecule has 26 heavy (non-hydrogen) atoms. The lowest BCUT2D eigenvalue weighted by Crippen LogP contribution is -2.54. The Morgan fingerprint density at radius 1 is 0.923 bits per heavy atom. The van der Waals surface area contributed by atoms with Gasteiger partial charge in [-0.15, -0.1) is 0 Å². The maximum atomic E-state index is 10.8. The number of aliphatic hydroxyl groups is 1. The summed E-state index contributed by atoms with van der Waals surface area (Å²) in [5.41, 5.74) is 0.975. The van der Waals surface area contributed by atoms with Crippen molar-refractivity contribution in [1.82, 2.24) is 9.80 Å². The first kappa shape index (κ1) is 17.8. The van der Waals surface area contributed by atoms with E-state index >= 15 is 0 Å². The van der Waals surface area contributed by atoms with Crippen molar-refractivity contribution < 1.29 is 10.2 Å². The third-order valence-electron chi connectivity index (χ3n) is 6.14. The number of piperidine rings is 1. The lowest BCUT2D eigenvalue weighted by Gasteiger charge is -2.41. The highest BCUT2D eigenvalue weighted by Crippen LogP contribution is 2.30. The normalized spacial score (nSPS) is 26.0. The third-order valence-corrected chi connectivity index (χ3v) is 6.14. The molecular weight excluding hydrogens is 324 g/mol. The number of rotatable bonds is 3. The van der Waals surface area contributed by atoms with E-state index in [0.717, 1.165) is 42.4 Å². The number of aliphatic hydroxyl groups excluding tert-OH is 1. The SMILES string of the molecule is Oc1ccc2ccccc2c1CN1CC[C@@H](N2CCCCCC2)[C@H](O)C1. The Labute approximate surface area is 156 Å². The summed E-state index contributed by atoms with van der Waals surface area (Å²) in [7, 11) is 0. The van der Waals surface area contributed by atoms with Gasteiger partial charge in [-0.1, -0.05) is 43.2 Å². The first-order valence-electron chi connectivity index (χ1n) is 10.1. The molecule has 4 rings (SSSR count). The molecule has 2 saturated heterocycles. The molecule has 0 radical (unpaired) electrons. The van der Waals surface area contributed by atoms with Gasteiger partial charge in [0.05, 0.1) is 6.10 Å². The van der Waals surface area contributed by atoms with Gasteiger partial charge >= 0.3 is 0 Å². The minimum absolute atomic E-state index is 0.297. The van der Waals surface area contributed by atoms with E-state index in [4.69, 9.17) is 0 Å². The monoisotopic (exact) mass is 354 g/mol. The summed E-state index contributed by atoms with van der Waals surface area (Å²) in [6.45, 7) is 4.61. The second kappa shape index (κ2) is 7.95. The molecule has 2 aromatic carbocycles. The van der Waals surface area contributed by atoms with E-state index in [1.807, 2.05) is 18.2 Å². The maximum absolute atomic E-state index is 10.8. The lowest BCUT2D eigenvalue weighted by molar-refractivity contribution is -0.0144. The highest BCUT2D eigenvalue weighted by atomic mass is 16.3. The molecule has 0 spiro atoms. The van der Waals surface area contributed by atoms with Crippen molar-refractivity contribution >= 4 is 10.8 Å². The van der Waals surface area contributed by atoms with Gasteiger partial charge in [0.2, 0.25) is 0 Å². The van der Waals surface area contributed by atoms with Crippen LogP contribution in [0.1, 0.15) is 37.7 Å². The molecule has 0 aliphatic carbocycles. The minimum atomic E-state index is -0.307. The molecule has 0 saturated carbocycles. The van der Waals surface area contributed by atoms with E-state index in [1.54, 1.807) is 6.07 Å². The summed E-state index contributed by atoms with van der Waals surface area (Å²) in [5.74, 6) is 0.354. The smallest absolute Gasteiger partial charge is 0.120 e. The number of phenolic OH excluding ortho intramolecular Hbond substituents is 1. The zero-order valence-electron chi connectivity index (χ0n) is 15.5. The van der Waals surface area contributed by atoms with Crippen LogP contribution in [0.25, 0.3) is 10.8 Å². The van der Waals surface area contributed by atoms with Crippen LogP contribution in [0.5, 0.6) is 5.75 Å². The molecule has 2 aliphatic heterocycles. The van der Waals surface area contributed by atoms with Crippen LogP contribution in [0.15, 0.2) is 36.4 Å². The molecule has 4 nitrogen and oxygen atoms in total. The fourth-order valence-electron chi connectivity index (χ4n) is 4.70. The molecule has 2 aromatic rings. The predicted octanol–water partition coefficient (Wildman–Crippen LogP) is 3.36. The molecule has 0 amide bonds. The van der Waals surface area contributed by atoms with Crippen molar-refractivity contribution in [3.63, 3.8) is 0 Å². The molecule has 2 heterocycles. The number of β-amino-alcohol motifs (C(OH)–C–C–N with tert-alkyl or cyclic N) is 1. The van der Waals surface area contributed by atoms with Crippen LogP contribution >= 0.6 is 0 Å². The van der Waals surface area contributed by atoms with E-state index in [9.17, 15) is 10.2 Å². The van der Waals surface area contributed by atoms with Crippen LogP contribution in [0.4, 0.5) is 0 Å². The fraction of sp³-hybridized carbons (Fsp3) is 0.545. The lowest BCUT2D eigenvalue weighted by atomic mass is 9.97. The zero-order chi connectivity index (χ0) is 17.9. The maximum Gasteiger partial charge on any atom is 0.120 e. The molecule has 2 N–H and O–H groups in total. The summed E-state index contributed by atoms with van der Waals surface area (Å²) >= 11 is 0. The van der Waals surface area contributed by atoms with Gasteiger partial charge in [-0.3, -0.25) is 9.80 Å². The Morgan fingerprint density at radius 2 is 1.69 bits per heavy atom. The first-order chi connectivity index (χ1) is 12.7. The summed E-state index contributed by atoms with van der Waals surface area (Å²) < 4.78 is 0. The Morgan fingerprint density at radius 3 is 2.46 bits per heavy atom. The molecule has 2 aliphatic rings. The van der Waals surface area contributed by atoms with Gasteiger partial charge in [-0.2, -0.15) is 0 Å². The van der Waals surface area contributed by atoms with Crippen molar-refractivity contribution in [2.75, 3.05) is 26.2 Å². The van der Waals surface area contributed by atoms with Gasteiger partial charge in [0, 0.05) is 31.2 Å². The average Bonchev–Trinajstić information content (AvgIpc) is 2.93. The Bertz CT molecular complexity index is 740. The molecule has 0 aromatic heterocycles. The number of hydrogen-bond acceptors (Lipinski definition) is 4. The summed E-state index contributed by atoms with van der Waals surface area (Å²) in [6.07, 6.45) is 5.87. The summed E-state index contributed by atoms with van der Waals surface area (Å²) in [6, 6.07) is 12.3. The second-order valence-corrected chi connectivity index (χ2v) is 7.89. The van der Waals surface area contributed by atoms with Crippen LogP contribution in [0.3, 0.4) is 0 Å². The number of nitrogens with zero attached hydrogens (tertiary/aromatic N) is 2. The van der Waals surface area contributed by atoms with Gasteiger partial charge in [0.25, 0.3) is 0 Å². The standard InChI is InChI=1S/C22H30N2O2/c25-21-10-9-17-7-3-4-8-18(17)19(21)15-23-14-11-20(22(26)16-23)24-12-5-1-2-6-13-24/h3-4,7-10,20,22,25-26H,1-2,5-6,11-16H2/t20-,22-/m1/s1. The van der Waals surface area contributed by atoms with Crippen molar-refractivity contribution in [2.45, 2.75) is 50.8 Å². The number of fused-ring (bicyclic) bond motifs is 1. The molecule has 2 atom stereocenters. The van der Waals surface area contributed by atoms with E-state index in [2.05, 4.69) is 21.9 Å². The highest BCUT2D eigenvalue weighted by molar-refractivity contribution is 5.87. The van der Waals surface area contributed by atoms with Crippen LogP contribution < -0.4 is 0 Å². The average molecular weight is 354 g/mol. The minimum Gasteiger partial charge on any atom is -0.508 e. The number of likely N-dealkylation sites (tertiary alicyclic amines) is 2. The number of benzene rings is 2. The van der Waals surface area contributed by atoms with Crippen LogP contribution in [-0.4, -0.2) is 58.3 Å². The van der Waals surface area contributed by atoms with E-state index in [0.29, 0.717) is 24.9 Å². The quantitative estimate of drug-likeness (QED) is 0.887. The molecular formula is C22H30N2O2. The fourth-order valence-corrected chi connectivity index (χ4v) is 4.70. The van der Waals surface area contributed by atoms with E-state index in [1.165, 1.54) is 25.7 Å². The number of phenols is 1.